The fourth-order valence-corrected chi connectivity index (χ4v) is 7.04. The predicted octanol–water partition coefficient (Wildman–Crippen LogP) is 2.27. The van der Waals surface area contributed by atoms with Gasteiger partial charge in [-0.25, -0.2) is 0 Å². The van der Waals surface area contributed by atoms with E-state index in [2.05, 4.69) is 0 Å². The van der Waals surface area contributed by atoms with Gasteiger partial charge >= 0.3 is 218 Å². The fraction of sp³-hybridized carbons (Fsp3) is 0.444. The number of hydrogen-bond acceptors (Lipinski definition) is 6. The van der Waals surface area contributed by atoms with Crippen molar-refractivity contribution >= 4 is 37.3 Å². The molecular formula is C27H33NO7Se. The Labute approximate surface area is 217 Å². The molecule has 1 heterocycles. The van der Waals surface area contributed by atoms with Crippen molar-refractivity contribution in [3.63, 3.8) is 0 Å². The number of methoxy groups -OCH3 is 1. The summed E-state index contributed by atoms with van der Waals surface area (Å²) >= 11 is -0.210. The molecule has 2 aromatic carbocycles. The van der Waals surface area contributed by atoms with Crippen molar-refractivity contribution in [2.45, 2.75) is 50.2 Å². The van der Waals surface area contributed by atoms with E-state index in [1.54, 1.807) is 45.0 Å². The average Bonchev–Trinajstić information content (AvgIpc) is 3.06. The zero-order valence-corrected chi connectivity index (χ0v) is 22.7. The Hall–Kier alpha value is -2.87. The average molecular weight is 563 g/mol. The summed E-state index contributed by atoms with van der Waals surface area (Å²) < 4.78 is 11.9. The van der Waals surface area contributed by atoms with E-state index < -0.39 is 40.8 Å². The number of likely N-dealkylation sites (tertiary alicyclic amines) is 1. The van der Waals surface area contributed by atoms with E-state index in [9.17, 15) is 24.6 Å². The number of nitrogens with zero attached hydrogens (tertiary/aromatic N) is 1. The summed E-state index contributed by atoms with van der Waals surface area (Å²) in [7, 11) is 1.54. The van der Waals surface area contributed by atoms with Crippen molar-refractivity contribution < 1.29 is 34.1 Å². The zero-order chi connectivity index (χ0) is 26.5. The number of carbonyl (C=O) groups excluding carboxylic acids is 2. The molecule has 1 fully saturated rings. The summed E-state index contributed by atoms with van der Waals surface area (Å²) in [5.74, 6) is -3.94. The van der Waals surface area contributed by atoms with Crippen molar-refractivity contribution in [1.82, 2.24) is 4.90 Å². The maximum atomic E-state index is 13.8. The number of aliphatic hydroxyl groups is 1. The van der Waals surface area contributed by atoms with E-state index in [-0.39, 0.29) is 34.5 Å². The van der Waals surface area contributed by atoms with E-state index in [1.807, 2.05) is 30.3 Å². The standard InChI is InChI=1S/C27H33NO7Se/c1-26(2,3)35-25(33)27(24(31)32)22(17-36-20-8-6-5-7-9-20)21(14-15-29)23(30)28(27)16-18-10-12-19(34-4)13-11-18/h5-13,21-22,29H,14-17H2,1-4H3,(H,31,32)/t21-,22-,27+/m1/s1. The van der Waals surface area contributed by atoms with Gasteiger partial charge in [-0.05, 0) is 0 Å². The third-order valence-electron chi connectivity index (χ3n) is 6.18. The Balaban J connectivity index is 2.11. The SMILES string of the molecule is COc1ccc(CN2C(=O)[C@H](CCO)[C@@H](C[Se]c3ccccc3)[C@]2(C(=O)O)C(=O)OC(C)(C)C)cc1. The molecule has 0 aromatic heterocycles. The molecule has 1 aliphatic heterocycles. The van der Waals surface area contributed by atoms with Crippen LogP contribution in [0.15, 0.2) is 54.6 Å². The minimum atomic E-state index is -2.22. The molecule has 1 aliphatic rings. The number of carboxylic acids is 1. The molecule has 0 saturated carbocycles. The third kappa shape index (κ3) is 5.75. The summed E-state index contributed by atoms with van der Waals surface area (Å²) in [6, 6.07) is 16.5. The summed E-state index contributed by atoms with van der Waals surface area (Å²) in [5, 5.41) is 20.8. The van der Waals surface area contributed by atoms with Crippen molar-refractivity contribution in [2.75, 3.05) is 13.7 Å². The normalized spacial score (nSPS) is 21.9. The number of carboxylic acid groups (broad SMARTS) is 1. The molecule has 2 N–H and O–H groups in total. The number of rotatable bonds is 10. The van der Waals surface area contributed by atoms with E-state index in [4.69, 9.17) is 9.47 Å². The molecule has 194 valence electrons. The van der Waals surface area contributed by atoms with E-state index >= 15 is 0 Å². The Morgan fingerprint density at radius 3 is 2.25 bits per heavy atom. The Kier molecular flexibility index (Phi) is 8.82. The van der Waals surface area contributed by atoms with Gasteiger partial charge in [0, 0.05) is 0 Å². The van der Waals surface area contributed by atoms with Gasteiger partial charge in [-0.2, -0.15) is 0 Å². The second-order valence-corrected chi connectivity index (χ2v) is 12.0. The van der Waals surface area contributed by atoms with Gasteiger partial charge in [0.1, 0.15) is 0 Å². The van der Waals surface area contributed by atoms with Crippen LogP contribution in [-0.2, 0) is 25.7 Å². The van der Waals surface area contributed by atoms with Crippen LogP contribution in [-0.4, -0.2) is 72.8 Å². The molecule has 0 spiro atoms. The van der Waals surface area contributed by atoms with Crippen molar-refractivity contribution in [3.05, 3.63) is 60.2 Å². The number of hydrogen-bond donors (Lipinski definition) is 2. The minimum absolute atomic E-state index is 0.0608. The van der Waals surface area contributed by atoms with Gasteiger partial charge in [-0.3, -0.25) is 0 Å². The van der Waals surface area contributed by atoms with Gasteiger partial charge in [0.2, 0.25) is 0 Å². The molecule has 8 nitrogen and oxygen atoms in total. The topological polar surface area (TPSA) is 113 Å². The van der Waals surface area contributed by atoms with Gasteiger partial charge in [0.15, 0.2) is 0 Å². The van der Waals surface area contributed by atoms with Crippen LogP contribution in [0.25, 0.3) is 0 Å². The molecule has 2 aromatic rings. The van der Waals surface area contributed by atoms with Crippen LogP contribution in [0.2, 0.25) is 5.32 Å². The Morgan fingerprint density at radius 2 is 1.72 bits per heavy atom. The van der Waals surface area contributed by atoms with Gasteiger partial charge in [-0.15, -0.1) is 0 Å². The Morgan fingerprint density at radius 1 is 1.08 bits per heavy atom. The quantitative estimate of drug-likeness (QED) is 0.260. The predicted molar refractivity (Wildman–Crippen MR) is 135 cm³/mol. The van der Waals surface area contributed by atoms with Crippen LogP contribution >= 0.6 is 0 Å². The first-order valence-corrected chi connectivity index (χ1v) is 13.8. The molecule has 3 rings (SSSR count). The third-order valence-corrected chi connectivity index (χ3v) is 8.55. The first-order chi connectivity index (χ1) is 17.0. The fourth-order valence-electron chi connectivity index (χ4n) is 4.54. The van der Waals surface area contributed by atoms with E-state index in [1.165, 1.54) is 7.11 Å². The number of aliphatic hydroxyl groups excluding tert-OH is 1. The van der Waals surface area contributed by atoms with Gasteiger partial charge in [0.05, 0.1) is 0 Å². The van der Waals surface area contributed by atoms with Crippen LogP contribution in [0.1, 0.15) is 32.8 Å². The number of esters is 1. The second-order valence-electron chi connectivity index (χ2n) is 9.70. The molecule has 0 bridgehead atoms. The van der Waals surface area contributed by atoms with Crippen molar-refractivity contribution in [3.8, 4) is 5.75 Å². The van der Waals surface area contributed by atoms with Crippen molar-refractivity contribution in [1.29, 1.82) is 0 Å². The zero-order valence-electron chi connectivity index (χ0n) is 21.0. The van der Waals surface area contributed by atoms with Crippen LogP contribution in [0.4, 0.5) is 0 Å². The first kappa shape index (κ1) is 27.7. The molecule has 9 heteroatoms. The number of ether oxygens (including phenoxy) is 2. The summed E-state index contributed by atoms with van der Waals surface area (Å²) in [6.07, 6.45) is 0.0608. The van der Waals surface area contributed by atoms with Gasteiger partial charge in [-0.1, -0.05) is 0 Å². The molecule has 3 atom stereocenters. The van der Waals surface area contributed by atoms with Crippen LogP contribution in [0.3, 0.4) is 0 Å². The first-order valence-electron chi connectivity index (χ1n) is 11.7. The molecular weight excluding hydrogens is 529 g/mol. The van der Waals surface area contributed by atoms with Gasteiger partial charge in [0.25, 0.3) is 0 Å². The monoisotopic (exact) mass is 563 g/mol. The number of amides is 1. The molecule has 0 radical (unpaired) electrons. The van der Waals surface area contributed by atoms with Gasteiger partial charge < -0.3 is 0 Å². The second kappa shape index (κ2) is 11.5. The number of carbonyl (C=O) groups is 3. The number of benzene rings is 2. The molecule has 1 amide bonds. The maximum absolute atomic E-state index is 13.8. The summed E-state index contributed by atoms with van der Waals surface area (Å²) in [4.78, 5) is 41.8. The molecule has 0 aliphatic carbocycles. The Bertz CT molecular complexity index is 1070. The van der Waals surface area contributed by atoms with E-state index in [0.29, 0.717) is 16.6 Å². The number of aliphatic carboxylic acids is 1. The molecule has 36 heavy (non-hydrogen) atoms. The summed E-state index contributed by atoms with van der Waals surface area (Å²) in [6.45, 7) is 4.61. The van der Waals surface area contributed by atoms with Crippen LogP contribution in [0.5, 0.6) is 5.75 Å². The van der Waals surface area contributed by atoms with Crippen LogP contribution in [0, 0.1) is 11.8 Å². The molecule has 1 saturated heterocycles. The van der Waals surface area contributed by atoms with Crippen molar-refractivity contribution in [2.24, 2.45) is 11.8 Å². The molecule has 0 unspecified atom stereocenters. The van der Waals surface area contributed by atoms with E-state index in [0.717, 1.165) is 9.36 Å². The van der Waals surface area contributed by atoms with Crippen LogP contribution < -0.4 is 9.20 Å². The summed E-state index contributed by atoms with van der Waals surface area (Å²) in [5.41, 5.74) is -2.53.